The van der Waals surface area contributed by atoms with Gasteiger partial charge in [0.25, 0.3) is 5.91 Å². The number of aryl methyl sites for hydroxylation is 1. The van der Waals surface area contributed by atoms with Crippen LogP contribution in [0.5, 0.6) is 0 Å². The summed E-state index contributed by atoms with van der Waals surface area (Å²) in [4.78, 5) is 15.8. The summed E-state index contributed by atoms with van der Waals surface area (Å²) in [6.07, 6.45) is 0. The molecule has 1 amide bonds. The van der Waals surface area contributed by atoms with Crippen molar-refractivity contribution in [1.29, 1.82) is 0 Å². The second kappa shape index (κ2) is 6.01. The zero-order valence-electron chi connectivity index (χ0n) is 8.84. The number of anilines is 1. The van der Waals surface area contributed by atoms with Gasteiger partial charge in [0.2, 0.25) is 5.13 Å². The molecule has 6 nitrogen and oxygen atoms in total. The number of carbonyl (C=O) groups excluding carboxylic acids is 1. The molecule has 0 saturated heterocycles. The van der Waals surface area contributed by atoms with Crippen LogP contribution in [-0.4, -0.2) is 21.1 Å². The van der Waals surface area contributed by atoms with Crippen molar-refractivity contribution in [1.82, 2.24) is 15.2 Å². The summed E-state index contributed by atoms with van der Waals surface area (Å²) >= 11 is 2.68. The molecule has 0 aliphatic rings. The number of nitrogens with two attached hydrogens (primary N) is 1. The van der Waals surface area contributed by atoms with E-state index in [4.69, 9.17) is 5.73 Å². The molecule has 0 aliphatic carbocycles. The highest BCUT2D eigenvalue weighted by Crippen LogP contribution is 2.16. The molecule has 2 aromatic heterocycles. The normalized spacial score (nSPS) is 9.76. The van der Waals surface area contributed by atoms with E-state index >= 15 is 0 Å². The first-order chi connectivity index (χ1) is 7.69. The zero-order chi connectivity index (χ0) is 11.5. The van der Waals surface area contributed by atoms with Crippen molar-refractivity contribution >= 4 is 46.1 Å². The lowest BCUT2D eigenvalue weighted by atomic mass is 10.4. The van der Waals surface area contributed by atoms with Gasteiger partial charge < -0.3 is 5.73 Å². The molecule has 0 atom stereocenters. The molecule has 2 heterocycles. The minimum Gasteiger partial charge on any atom is -0.325 e. The highest BCUT2D eigenvalue weighted by atomic mass is 35.5. The molecule has 0 fully saturated rings. The van der Waals surface area contributed by atoms with Crippen LogP contribution < -0.4 is 11.1 Å². The smallest absolute Gasteiger partial charge is 0.276 e. The van der Waals surface area contributed by atoms with Gasteiger partial charge >= 0.3 is 0 Å². The van der Waals surface area contributed by atoms with Crippen molar-refractivity contribution in [2.75, 3.05) is 5.32 Å². The second-order valence-corrected chi connectivity index (χ2v) is 5.04. The van der Waals surface area contributed by atoms with E-state index in [-0.39, 0.29) is 18.3 Å². The van der Waals surface area contributed by atoms with E-state index in [2.05, 4.69) is 20.5 Å². The number of halogens is 1. The van der Waals surface area contributed by atoms with Gasteiger partial charge in [-0.25, -0.2) is 4.98 Å². The van der Waals surface area contributed by atoms with Crippen LogP contribution in [0.3, 0.4) is 0 Å². The standard InChI is InChI=1S/C8H9N5OS2.ClH/c1-4-12-13-8(16-4)11-7(14)5-3-15-6(2-9)10-5;/h3H,2,9H2,1H3,(H,11,13,14);1H. The first kappa shape index (κ1) is 14.0. The highest BCUT2D eigenvalue weighted by Gasteiger charge is 2.12. The van der Waals surface area contributed by atoms with Crippen LogP contribution in [0.2, 0.25) is 0 Å². The summed E-state index contributed by atoms with van der Waals surface area (Å²) in [5.74, 6) is -0.285. The van der Waals surface area contributed by atoms with Crippen molar-refractivity contribution in [3.8, 4) is 0 Å². The minimum atomic E-state index is -0.285. The number of hydrogen-bond acceptors (Lipinski definition) is 7. The van der Waals surface area contributed by atoms with E-state index in [1.54, 1.807) is 5.38 Å². The molecule has 0 aliphatic heterocycles. The minimum absolute atomic E-state index is 0. The Morgan fingerprint density at radius 3 is 2.82 bits per heavy atom. The van der Waals surface area contributed by atoms with Crippen LogP contribution in [0, 0.1) is 6.92 Å². The quantitative estimate of drug-likeness (QED) is 0.892. The maximum Gasteiger partial charge on any atom is 0.276 e. The Kier molecular flexibility index (Phi) is 4.94. The monoisotopic (exact) mass is 291 g/mol. The predicted octanol–water partition coefficient (Wildman–Crippen LogP) is 1.44. The maximum absolute atomic E-state index is 11.7. The van der Waals surface area contributed by atoms with E-state index in [9.17, 15) is 4.79 Å². The third-order valence-electron chi connectivity index (χ3n) is 1.71. The third-order valence-corrected chi connectivity index (χ3v) is 3.33. The predicted molar refractivity (Wildman–Crippen MR) is 69.9 cm³/mol. The zero-order valence-corrected chi connectivity index (χ0v) is 11.3. The van der Waals surface area contributed by atoms with Gasteiger partial charge in [-0.05, 0) is 6.92 Å². The Morgan fingerprint density at radius 2 is 2.29 bits per heavy atom. The summed E-state index contributed by atoms with van der Waals surface area (Å²) in [7, 11) is 0. The number of hydrogen-bond donors (Lipinski definition) is 2. The van der Waals surface area contributed by atoms with Gasteiger partial charge in [0, 0.05) is 11.9 Å². The third kappa shape index (κ3) is 3.43. The summed E-state index contributed by atoms with van der Waals surface area (Å²) in [6, 6.07) is 0. The van der Waals surface area contributed by atoms with E-state index in [0.29, 0.717) is 17.4 Å². The van der Waals surface area contributed by atoms with Crippen molar-refractivity contribution in [2.24, 2.45) is 5.73 Å². The van der Waals surface area contributed by atoms with Gasteiger partial charge in [-0.15, -0.1) is 33.9 Å². The Hall–Kier alpha value is -1.09. The first-order valence-electron chi connectivity index (χ1n) is 4.45. The molecular weight excluding hydrogens is 282 g/mol. The van der Waals surface area contributed by atoms with Crippen LogP contribution in [0.25, 0.3) is 0 Å². The highest BCUT2D eigenvalue weighted by molar-refractivity contribution is 7.15. The number of thiazole rings is 1. The van der Waals surface area contributed by atoms with Crippen molar-refractivity contribution in [2.45, 2.75) is 13.5 Å². The largest absolute Gasteiger partial charge is 0.325 e. The molecule has 0 spiro atoms. The maximum atomic E-state index is 11.7. The van der Waals surface area contributed by atoms with Crippen LogP contribution in [0.15, 0.2) is 5.38 Å². The molecule has 9 heteroatoms. The average Bonchev–Trinajstić information content (AvgIpc) is 2.87. The molecule has 2 rings (SSSR count). The number of amides is 1. The van der Waals surface area contributed by atoms with E-state index in [1.165, 1.54) is 22.7 Å². The van der Waals surface area contributed by atoms with Gasteiger partial charge in [-0.1, -0.05) is 11.3 Å². The molecule has 2 aromatic rings. The molecule has 17 heavy (non-hydrogen) atoms. The van der Waals surface area contributed by atoms with Crippen LogP contribution in [0.4, 0.5) is 5.13 Å². The summed E-state index contributed by atoms with van der Waals surface area (Å²) in [6.45, 7) is 2.17. The summed E-state index contributed by atoms with van der Waals surface area (Å²) in [5.41, 5.74) is 5.77. The second-order valence-electron chi connectivity index (χ2n) is 2.91. The Labute approximate surface area is 112 Å². The number of rotatable bonds is 3. The summed E-state index contributed by atoms with van der Waals surface area (Å²) in [5, 5.41) is 13.9. The lowest BCUT2D eigenvalue weighted by Crippen LogP contribution is -2.12. The van der Waals surface area contributed by atoms with Crippen molar-refractivity contribution in [3.05, 3.63) is 21.1 Å². The lowest BCUT2D eigenvalue weighted by Gasteiger charge is -1.95. The summed E-state index contributed by atoms with van der Waals surface area (Å²) < 4.78 is 0. The Morgan fingerprint density at radius 1 is 1.53 bits per heavy atom. The fourth-order valence-electron chi connectivity index (χ4n) is 1.02. The molecule has 0 radical (unpaired) electrons. The van der Waals surface area contributed by atoms with E-state index in [1.807, 2.05) is 6.92 Å². The van der Waals surface area contributed by atoms with Crippen LogP contribution >= 0.6 is 35.1 Å². The Balaban J connectivity index is 0.00000144. The van der Waals surface area contributed by atoms with Crippen LogP contribution in [-0.2, 0) is 6.54 Å². The van der Waals surface area contributed by atoms with Crippen molar-refractivity contribution in [3.63, 3.8) is 0 Å². The molecule has 3 N–H and O–H groups in total. The number of aromatic nitrogens is 3. The fraction of sp³-hybridized carbons (Fsp3) is 0.250. The number of carbonyl (C=O) groups is 1. The van der Waals surface area contributed by atoms with Gasteiger partial charge in [0.1, 0.15) is 15.7 Å². The average molecular weight is 292 g/mol. The SMILES string of the molecule is Cc1nnc(NC(=O)c2csc(CN)n2)s1.Cl. The van der Waals surface area contributed by atoms with Gasteiger partial charge in [-0.2, -0.15) is 0 Å². The van der Waals surface area contributed by atoms with Crippen LogP contribution in [0.1, 0.15) is 20.5 Å². The Bertz CT molecular complexity index is 511. The fourth-order valence-corrected chi connectivity index (χ4v) is 2.26. The molecule has 0 saturated carbocycles. The first-order valence-corrected chi connectivity index (χ1v) is 6.14. The lowest BCUT2D eigenvalue weighted by molar-refractivity contribution is 0.102. The molecule has 92 valence electrons. The van der Waals surface area contributed by atoms with Gasteiger partial charge in [0.15, 0.2) is 0 Å². The number of nitrogens with zero attached hydrogens (tertiary/aromatic N) is 3. The topological polar surface area (TPSA) is 93.8 Å². The molecule has 0 unspecified atom stereocenters. The van der Waals surface area contributed by atoms with E-state index in [0.717, 1.165) is 10.0 Å². The molecular formula is C8H10ClN5OS2. The van der Waals surface area contributed by atoms with Crippen molar-refractivity contribution < 1.29 is 4.79 Å². The number of nitrogens with one attached hydrogen (secondary N) is 1. The van der Waals surface area contributed by atoms with Gasteiger partial charge in [-0.3, -0.25) is 10.1 Å². The van der Waals surface area contributed by atoms with Gasteiger partial charge in [0.05, 0.1) is 0 Å². The molecule has 0 aromatic carbocycles. The van der Waals surface area contributed by atoms with E-state index < -0.39 is 0 Å². The molecule has 0 bridgehead atoms.